The van der Waals surface area contributed by atoms with Gasteiger partial charge in [0.05, 0.1) is 22.4 Å². The molecule has 8 heteroatoms. The van der Waals surface area contributed by atoms with E-state index in [9.17, 15) is 10.2 Å². The fourth-order valence-electron chi connectivity index (χ4n) is 3.49. The molecular formula is C20H30O2S6. The zero-order valence-electron chi connectivity index (χ0n) is 16.4. The van der Waals surface area contributed by atoms with E-state index in [-0.39, 0.29) is 0 Å². The van der Waals surface area contributed by atoms with Gasteiger partial charge in [-0.1, -0.05) is 24.3 Å². The molecule has 0 radical (unpaired) electrons. The lowest BCUT2D eigenvalue weighted by atomic mass is 9.99. The first-order chi connectivity index (χ1) is 13.7. The smallest absolute Gasteiger partial charge is 0.0628 e. The molecule has 2 nitrogen and oxygen atoms in total. The summed E-state index contributed by atoms with van der Waals surface area (Å²) in [7, 11) is 0. The molecule has 2 saturated heterocycles. The molecule has 2 heterocycles. The topological polar surface area (TPSA) is 40.5 Å². The maximum atomic E-state index is 9.48. The second-order valence-electron chi connectivity index (χ2n) is 7.01. The van der Waals surface area contributed by atoms with Crippen LogP contribution in [0.25, 0.3) is 0 Å². The highest BCUT2D eigenvalue weighted by atomic mass is 32.2. The Morgan fingerprint density at radius 3 is 1.61 bits per heavy atom. The van der Waals surface area contributed by atoms with Crippen LogP contribution < -0.4 is 0 Å². The lowest BCUT2D eigenvalue weighted by Gasteiger charge is -2.25. The molecule has 28 heavy (non-hydrogen) atoms. The molecule has 0 saturated carbocycles. The summed E-state index contributed by atoms with van der Waals surface area (Å²) in [4.78, 5) is 0. The number of aliphatic hydroxyl groups excluding tert-OH is 2. The fraction of sp³-hybridized carbons (Fsp3) is 0.700. The second-order valence-corrected chi connectivity index (χ2v) is 15.0. The van der Waals surface area contributed by atoms with Gasteiger partial charge in [-0.3, -0.25) is 0 Å². The Morgan fingerprint density at radius 2 is 1.29 bits per heavy atom. The van der Waals surface area contributed by atoms with Gasteiger partial charge in [0.15, 0.2) is 0 Å². The number of hydrogen-bond acceptors (Lipinski definition) is 8. The summed E-state index contributed by atoms with van der Waals surface area (Å²) in [5.41, 5.74) is 2.97. The third-order valence-electron chi connectivity index (χ3n) is 5.13. The highest BCUT2D eigenvalue weighted by Crippen LogP contribution is 2.45. The fourth-order valence-corrected chi connectivity index (χ4v) is 13.1. The van der Waals surface area contributed by atoms with Crippen molar-refractivity contribution in [2.45, 2.75) is 43.0 Å². The van der Waals surface area contributed by atoms with Gasteiger partial charge in [0.1, 0.15) is 0 Å². The molecule has 1 aromatic carbocycles. The summed E-state index contributed by atoms with van der Waals surface area (Å²) < 4.78 is 1.14. The van der Waals surface area contributed by atoms with Crippen LogP contribution in [0, 0.1) is 0 Å². The summed E-state index contributed by atoms with van der Waals surface area (Å²) in [6.07, 6.45) is 6.66. The maximum Gasteiger partial charge on any atom is 0.0628 e. The molecule has 2 N–H and O–H groups in total. The maximum absolute atomic E-state index is 9.48. The molecule has 2 aliphatic rings. The van der Waals surface area contributed by atoms with E-state index in [1.54, 1.807) is 0 Å². The minimum atomic E-state index is 0.298. The summed E-state index contributed by atoms with van der Waals surface area (Å²) in [5.74, 6) is 2.14. The van der Waals surface area contributed by atoms with Crippen LogP contribution in [0.3, 0.4) is 0 Å². The molecule has 0 bridgehead atoms. The molecule has 1 aromatic rings. The van der Waals surface area contributed by atoms with Crippen LogP contribution in [0.15, 0.2) is 24.3 Å². The lowest BCUT2D eigenvalue weighted by molar-refractivity contribution is 0.301. The Bertz CT molecular complexity index is 553. The van der Waals surface area contributed by atoms with Gasteiger partial charge >= 0.3 is 0 Å². The normalized spacial score (nSPS) is 29.9. The first-order valence-corrected chi connectivity index (χ1v) is 16.1. The van der Waals surface area contributed by atoms with Crippen LogP contribution in [0.2, 0.25) is 0 Å². The van der Waals surface area contributed by atoms with Gasteiger partial charge in [-0.05, 0) is 36.5 Å². The summed E-state index contributed by atoms with van der Waals surface area (Å²) >= 11 is 11.9. The molecule has 158 valence electrons. The number of rotatable bonds is 10. The predicted molar refractivity (Wildman–Crippen MR) is 138 cm³/mol. The summed E-state index contributed by atoms with van der Waals surface area (Å²) in [6.45, 7) is 0.597. The summed E-state index contributed by atoms with van der Waals surface area (Å²) in [6, 6.07) is 8.98. The van der Waals surface area contributed by atoms with Crippen LogP contribution in [0.1, 0.15) is 11.1 Å². The van der Waals surface area contributed by atoms with Crippen LogP contribution in [-0.4, -0.2) is 77.6 Å². The van der Waals surface area contributed by atoms with Crippen molar-refractivity contribution >= 4 is 70.6 Å². The second kappa shape index (κ2) is 12.3. The van der Waals surface area contributed by atoms with E-state index < -0.39 is 0 Å². The van der Waals surface area contributed by atoms with E-state index in [2.05, 4.69) is 36.8 Å². The van der Waals surface area contributed by atoms with E-state index in [0.29, 0.717) is 43.4 Å². The zero-order chi connectivity index (χ0) is 19.9. The van der Waals surface area contributed by atoms with Crippen molar-refractivity contribution in [3.63, 3.8) is 0 Å². The first-order valence-electron chi connectivity index (χ1n) is 9.56. The number of hydrogen-bond donors (Lipinski definition) is 2. The third-order valence-corrected chi connectivity index (χ3v) is 14.9. The monoisotopic (exact) mass is 494 g/mol. The molecule has 0 aliphatic carbocycles. The highest BCUT2D eigenvalue weighted by molar-refractivity contribution is 8.22. The predicted octanol–water partition coefficient (Wildman–Crippen LogP) is 4.57. The minimum absolute atomic E-state index is 0.298. The van der Waals surface area contributed by atoms with Gasteiger partial charge in [-0.15, -0.1) is 47.0 Å². The Labute approximate surface area is 195 Å². The molecule has 2 aliphatic heterocycles. The molecule has 6 atom stereocenters. The Hall–Kier alpha value is 1.24. The van der Waals surface area contributed by atoms with Gasteiger partial charge < -0.3 is 10.2 Å². The Morgan fingerprint density at radius 1 is 0.857 bits per heavy atom. The largest absolute Gasteiger partial charge is 0.395 e. The van der Waals surface area contributed by atoms with E-state index in [0.717, 1.165) is 24.3 Å². The summed E-state index contributed by atoms with van der Waals surface area (Å²) in [5, 5.41) is 20.9. The molecule has 0 aromatic heterocycles. The van der Waals surface area contributed by atoms with E-state index in [4.69, 9.17) is 0 Å². The number of benzene rings is 1. The van der Waals surface area contributed by atoms with Crippen molar-refractivity contribution < 1.29 is 10.2 Å². The molecule has 3 rings (SSSR count). The van der Waals surface area contributed by atoms with Crippen molar-refractivity contribution in [1.82, 2.24) is 0 Å². The Balaban J connectivity index is 1.66. The van der Waals surface area contributed by atoms with Crippen molar-refractivity contribution in [3.8, 4) is 0 Å². The van der Waals surface area contributed by atoms with Gasteiger partial charge in [0.25, 0.3) is 0 Å². The van der Waals surface area contributed by atoms with Crippen molar-refractivity contribution in [2.24, 2.45) is 0 Å². The number of thioether (sulfide) groups is 6. The molecule has 6 unspecified atom stereocenters. The average Bonchev–Trinajstić information content (AvgIpc) is 3.40. The van der Waals surface area contributed by atoms with E-state index in [1.165, 1.54) is 11.1 Å². The van der Waals surface area contributed by atoms with Crippen molar-refractivity contribution in [2.75, 3.05) is 37.2 Å². The third kappa shape index (κ3) is 6.38. The van der Waals surface area contributed by atoms with Crippen LogP contribution in [0.4, 0.5) is 0 Å². The van der Waals surface area contributed by atoms with Crippen molar-refractivity contribution in [3.05, 3.63) is 35.4 Å². The molecule has 0 spiro atoms. The van der Waals surface area contributed by atoms with E-state index in [1.807, 2.05) is 70.6 Å². The highest BCUT2D eigenvalue weighted by Gasteiger charge is 2.34. The average molecular weight is 495 g/mol. The quantitative estimate of drug-likeness (QED) is 0.490. The van der Waals surface area contributed by atoms with Gasteiger partial charge in [-0.2, -0.15) is 23.5 Å². The van der Waals surface area contributed by atoms with Crippen LogP contribution >= 0.6 is 70.6 Å². The van der Waals surface area contributed by atoms with E-state index >= 15 is 0 Å². The van der Waals surface area contributed by atoms with Crippen molar-refractivity contribution in [1.29, 1.82) is 0 Å². The lowest BCUT2D eigenvalue weighted by Crippen LogP contribution is -2.22. The molecular weight excluding hydrogens is 465 g/mol. The minimum Gasteiger partial charge on any atom is -0.395 e. The SMILES string of the molecule is CSC(Cc1ccccc1CC(SC)C1SCC(CO)S1)C1SCC(CO)S1. The van der Waals surface area contributed by atoms with Crippen LogP contribution in [0.5, 0.6) is 0 Å². The van der Waals surface area contributed by atoms with Gasteiger partial charge in [0, 0.05) is 32.5 Å². The first kappa shape index (κ1) is 23.9. The van der Waals surface area contributed by atoms with Gasteiger partial charge in [0.2, 0.25) is 0 Å². The molecule has 2 fully saturated rings. The van der Waals surface area contributed by atoms with Crippen LogP contribution in [-0.2, 0) is 12.8 Å². The Kier molecular flexibility index (Phi) is 10.5. The standard InChI is InChI=1S/C20H30O2S6/c1-23-17(19-25-11-15(9-21)27-19)7-13-5-3-4-6-14(13)8-18(24-2)20-26-12-16(10-22)28-20/h3-6,15-22H,7-12H2,1-2H3. The van der Waals surface area contributed by atoms with Gasteiger partial charge in [-0.25, -0.2) is 0 Å². The molecule has 0 amide bonds. The number of aliphatic hydroxyl groups is 2. The zero-order valence-corrected chi connectivity index (χ0v) is 21.3.